The summed E-state index contributed by atoms with van der Waals surface area (Å²) < 4.78 is 18.1. The van der Waals surface area contributed by atoms with Gasteiger partial charge in [-0.05, 0) is 43.3 Å². The smallest absolute Gasteiger partial charge is 0.293 e. The SMILES string of the molecule is CC(=O)c1ccc(NCC(O)COc2ccc(F)cc2)c([N+](=O)[O-])c1. The van der Waals surface area contributed by atoms with Crippen molar-refractivity contribution in [1.82, 2.24) is 0 Å². The van der Waals surface area contributed by atoms with Gasteiger partial charge in [-0.2, -0.15) is 0 Å². The van der Waals surface area contributed by atoms with Gasteiger partial charge in [0, 0.05) is 18.2 Å². The van der Waals surface area contributed by atoms with E-state index in [1.165, 1.54) is 49.4 Å². The number of carbonyl (C=O) groups is 1. The lowest BCUT2D eigenvalue weighted by Crippen LogP contribution is -2.26. The van der Waals surface area contributed by atoms with Crippen LogP contribution in [0.25, 0.3) is 0 Å². The lowest BCUT2D eigenvalue weighted by atomic mass is 10.1. The van der Waals surface area contributed by atoms with Gasteiger partial charge in [0.2, 0.25) is 0 Å². The van der Waals surface area contributed by atoms with Crippen molar-refractivity contribution in [3.05, 3.63) is 64.0 Å². The Hall–Kier alpha value is -3.00. The van der Waals surface area contributed by atoms with Gasteiger partial charge in [0.05, 0.1) is 4.92 Å². The van der Waals surface area contributed by atoms with Crippen molar-refractivity contribution in [2.45, 2.75) is 13.0 Å². The molecule has 2 rings (SSSR count). The second kappa shape index (κ2) is 8.20. The molecule has 0 aliphatic heterocycles. The Morgan fingerprint density at radius 3 is 2.60 bits per heavy atom. The minimum Gasteiger partial charge on any atom is -0.491 e. The van der Waals surface area contributed by atoms with Crippen LogP contribution in [0, 0.1) is 15.9 Å². The fourth-order valence-electron chi connectivity index (χ4n) is 2.06. The molecule has 2 N–H and O–H groups in total. The van der Waals surface area contributed by atoms with E-state index in [1.807, 2.05) is 0 Å². The summed E-state index contributed by atoms with van der Waals surface area (Å²) in [5.74, 6) is -0.268. The average Bonchev–Trinajstić information content (AvgIpc) is 2.59. The first-order valence-corrected chi connectivity index (χ1v) is 7.46. The zero-order chi connectivity index (χ0) is 18.4. The summed E-state index contributed by atoms with van der Waals surface area (Å²) in [7, 11) is 0. The van der Waals surface area contributed by atoms with Crippen LogP contribution in [-0.2, 0) is 0 Å². The van der Waals surface area contributed by atoms with Crippen molar-refractivity contribution >= 4 is 17.2 Å². The standard InChI is InChI=1S/C17H17FN2O5/c1-11(21)12-2-7-16(17(8-12)20(23)24)19-9-14(22)10-25-15-5-3-13(18)4-6-15/h2-8,14,19,22H,9-10H2,1H3. The molecule has 132 valence electrons. The number of aliphatic hydroxyl groups excluding tert-OH is 1. The number of aliphatic hydroxyl groups is 1. The van der Waals surface area contributed by atoms with Gasteiger partial charge in [-0.1, -0.05) is 0 Å². The number of Topliss-reactive ketones (excluding diaryl/α,β-unsaturated/α-hetero) is 1. The maximum absolute atomic E-state index is 12.8. The van der Waals surface area contributed by atoms with Gasteiger partial charge in [0.25, 0.3) is 5.69 Å². The highest BCUT2D eigenvalue weighted by molar-refractivity contribution is 5.95. The van der Waals surface area contributed by atoms with Crippen LogP contribution in [-0.4, -0.2) is 35.1 Å². The molecule has 0 aliphatic rings. The molecule has 1 atom stereocenters. The number of hydrogen-bond acceptors (Lipinski definition) is 6. The number of carbonyl (C=O) groups excluding carboxylic acids is 1. The molecule has 0 amide bonds. The van der Waals surface area contributed by atoms with E-state index < -0.39 is 16.8 Å². The third kappa shape index (κ3) is 5.25. The van der Waals surface area contributed by atoms with E-state index in [0.717, 1.165) is 0 Å². The highest BCUT2D eigenvalue weighted by Crippen LogP contribution is 2.25. The normalized spacial score (nSPS) is 11.6. The second-order valence-corrected chi connectivity index (χ2v) is 5.34. The number of ether oxygens (including phenoxy) is 1. The summed E-state index contributed by atoms with van der Waals surface area (Å²) in [6.45, 7) is 1.25. The van der Waals surface area contributed by atoms with E-state index in [9.17, 15) is 24.4 Å². The number of ketones is 1. The number of nitrogens with zero attached hydrogens (tertiary/aromatic N) is 1. The predicted molar refractivity (Wildman–Crippen MR) is 89.5 cm³/mol. The third-order valence-corrected chi connectivity index (χ3v) is 3.39. The Bertz CT molecular complexity index is 764. The Labute approximate surface area is 143 Å². The lowest BCUT2D eigenvalue weighted by molar-refractivity contribution is -0.384. The van der Waals surface area contributed by atoms with Crippen molar-refractivity contribution in [2.75, 3.05) is 18.5 Å². The van der Waals surface area contributed by atoms with E-state index in [1.54, 1.807) is 0 Å². The van der Waals surface area contributed by atoms with Crippen LogP contribution in [0.3, 0.4) is 0 Å². The summed E-state index contributed by atoms with van der Waals surface area (Å²) >= 11 is 0. The maximum Gasteiger partial charge on any atom is 0.293 e. The van der Waals surface area contributed by atoms with Crippen molar-refractivity contribution in [3.8, 4) is 5.75 Å². The third-order valence-electron chi connectivity index (χ3n) is 3.39. The van der Waals surface area contributed by atoms with Crippen LogP contribution < -0.4 is 10.1 Å². The van der Waals surface area contributed by atoms with Gasteiger partial charge in [-0.3, -0.25) is 14.9 Å². The zero-order valence-corrected chi connectivity index (χ0v) is 13.4. The number of rotatable bonds is 8. The highest BCUT2D eigenvalue weighted by atomic mass is 19.1. The fourth-order valence-corrected chi connectivity index (χ4v) is 2.06. The number of hydrogen-bond donors (Lipinski definition) is 2. The van der Waals surface area contributed by atoms with Crippen molar-refractivity contribution in [1.29, 1.82) is 0 Å². The van der Waals surface area contributed by atoms with Crippen molar-refractivity contribution < 1.29 is 24.0 Å². The van der Waals surface area contributed by atoms with Gasteiger partial charge < -0.3 is 15.2 Å². The van der Waals surface area contributed by atoms with Crippen LogP contribution in [0.4, 0.5) is 15.8 Å². The van der Waals surface area contributed by atoms with Gasteiger partial charge in [-0.25, -0.2) is 4.39 Å². The number of nitro benzene ring substituents is 1. The van der Waals surface area contributed by atoms with Gasteiger partial charge >= 0.3 is 0 Å². The molecule has 0 bridgehead atoms. The molecule has 0 aromatic heterocycles. The molecule has 0 saturated carbocycles. The number of benzene rings is 2. The predicted octanol–water partition coefficient (Wildman–Crippen LogP) is 2.79. The zero-order valence-electron chi connectivity index (χ0n) is 13.4. The summed E-state index contributed by atoms with van der Waals surface area (Å²) in [6, 6.07) is 9.41. The molecule has 7 nitrogen and oxygen atoms in total. The summed E-state index contributed by atoms with van der Waals surface area (Å²) in [5.41, 5.74) is 0.174. The minimum atomic E-state index is -0.947. The number of halogens is 1. The van der Waals surface area contributed by atoms with E-state index in [2.05, 4.69) is 5.32 Å². The molecule has 0 radical (unpaired) electrons. The Morgan fingerprint density at radius 1 is 1.32 bits per heavy atom. The van der Waals surface area contributed by atoms with E-state index >= 15 is 0 Å². The lowest BCUT2D eigenvalue weighted by Gasteiger charge is -2.14. The monoisotopic (exact) mass is 348 g/mol. The Morgan fingerprint density at radius 2 is 2.00 bits per heavy atom. The molecule has 25 heavy (non-hydrogen) atoms. The number of nitro groups is 1. The molecule has 0 heterocycles. The molecule has 1 unspecified atom stereocenters. The van der Waals surface area contributed by atoms with E-state index in [-0.39, 0.29) is 35.9 Å². The molecular weight excluding hydrogens is 331 g/mol. The van der Waals surface area contributed by atoms with E-state index in [0.29, 0.717) is 5.75 Å². The molecule has 0 fully saturated rings. The molecule has 0 aliphatic carbocycles. The topological polar surface area (TPSA) is 102 Å². The highest BCUT2D eigenvalue weighted by Gasteiger charge is 2.17. The van der Waals surface area contributed by atoms with Crippen LogP contribution in [0.15, 0.2) is 42.5 Å². The Kier molecular flexibility index (Phi) is 6.02. The first-order chi connectivity index (χ1) is 11.9. The van der Waals surface area contributed by atoms with Crippen LogP contribution in [0.5, 0.6) is 5.75 Å². The summed E-state index contributed by atoms with van der Waals surface area (Å²) in [6.07, 6.45) is -0.947. The van der Waals surface area contributed by atoms with Crippen LogP contribution >= 0.6 is 0 Å². The van der Waals surface area contributed by atoms with Gasteiger partial charge in [-0.15, -0.1) is 0 Å². The van der Waals surface area contributed by atoms with Gasteiger partial charge in [0.15, 0.2) is 5.78 Å². The van der Waals surface area contributed by atoms with Crippen molar-refractivity contribution in [3.63, 3.8) is 0 Å². The molecule has 8 heteroatoms. The maximum atomic E-state index is 12.8. The number of anilines is 1. The largest absolute Gasteiger partial charge is 0.491 e. The minimum absolute atomic E-state index is 0.00144. The molecule has 0 spiro atoms. The first kappa shape index (κ1) is 18.3. The van der Waals surface area contributed by atoms with E-state index in [4.69, 9.17) is 4.74 Å². The summed E-state index contributed by atoms with van der Waals surface area (Å²) in [5, 5.41) is 23.8. The Balaban J connectivity index is 1.94. The van der Waals surface area contributed by atoms with Gasteiger partial charge in [0.1, 0.15) is 30.0 Å². The summed E-state index contributed by atoms with van der Waals surface area (Å²) in [4.78, 5) is 21.8. The van der Waals surface area contributed by atoms with Crippen molar-refractivity contribution in [2.24, 2.45) is 0 Å². The fraction of sp³-hybridized carbons (Fsp3) is 0.235. The quantitative estimate of drug-likeness (QED) is 0.432. The molecule has 2 aromatic rings. The average molecular weight is 348 g/mol. The molecule has 2 aromatic carbocycles. The number of nitrogens with one attached hydrogen (secondary N) is 1. The van der Waals surface area contributed by atoms with Crippen LogP contribution in [0.1, 0.15) is 17.3 Å². The second-order valence-electron chi connectivity index (χ2n) is 5.34. The first-order valence-electron chi connectivity index (χ1n) is 7.46. The van der Waals surface area contributed by atoms with Crippen LogP contribution in [0.2, 0.25) is 0 Å². The molecule has 0 saturated heterocycles. The molecular formula is C17H17FN2O5.